The Hall–Kier alpha value is -1.55. The van der Waals surface area contributed by atoms with Crippen LogP contribution in [0.4, 0.5) is 5.69 Å². The van der Waals surface area contributed by atoms with E-state index in [0.29, 0.717) is 6.42 Å². The van der Waals surface area contributed by atoms with Gasteiger partial charge in [-0.2, -0.15) is 0 Å². The first kappa shape index (κ1) is 14.9. The first-order valence-electron chi connectivity index (χ1n) is 7.61. The van der Waals surface area contributed by atoms with E-state index >= 15 is 0 Å². The van der Waals surface area contributed by atoms with E-state index < -0.39 is 0 Å². The second-order valence-corrected chi connectivity index (χ2v) is 5.17. The third-order valence-electron chi connectivity index (χ3n) is 3.69. The second-order valence-electron chi connectivity index (χ2n) is 5.17. The summed E-state index contributed by atoms with van der Waals surface area (Å²) in [6.07, 6.45) is 2.72. The SMILES string of the molecule is CCNCCC(=O)NCCCN1CCc2ccccc21. The number of rotatable bonds is 8. The van der Waals surface area contributed by atoms with E-state index in [1.54, 1.807) is 0 Å². The van der Waals surface area contributed by atoms with Gasteiger partial charge in [-0.25, -0.2) is 0 Å². The number of nitrogens with zero attached hydrogens (tertiary/aromatic N) is 1. The molecule has 0 fully saturated rings. The van der Waals surface area contributed by atoms with Gasteiger partial charge in [0.25, 0.3) is 0 Å². The number of carbonyl (C=O) groups is 1. The predicted molar refractivity (Wildman–Crippen MR) is 83.1 cm³/mol. The molecule has 1 amide bonds. The number of hydrogen-bond donors (Lipinski definition) is 2. The lowest BCUT2D eigenvalue weighted by atomic mass is 10.2. The Kier molecular flexibility index (Phi) is 5.87. The highest BCUT2D eigenvalue weighted by atomic mass is 16.1. The van der Waals surface area contributed by atoms with Crippen LogP contribution in [0.15, 0.2) is 24.3 Å². The first-order chi connectivity index (χ1) is 9.81. The minimum Gasteiger partial charge on any atom is -0.371 e. The normalized spacial score (nSPS) is 13.3. The van der Waals surface area contributed by atoms with Crippen LogP contribution in [-0.4, -0.2) is 38.6 Å². The van der Waals surface area contributed by atoms with Gasteiger partial charge in [-0.1, -0.05) is 25.1 Å². The molecule has 0 spiro atoms. The van der Waals surface area contributed by atoms with Crippen LogP contribution in [-0.2, 0) is 11.2 Å². The van der Waals surface area contributed by atoms with E-state index in [2.05, 4.69) is 39.8 Å². The summed E-state index contributed by atoms with van der Waals surface area (Å²) in [5.41, 5.74) is 2.81. The van der Waals surface area contributed by atoms with Gasteiger partial charge in [0, 0.05) is 38.3 Å². The van der Waals surface area contributed by atoms with Crippen molar-refractivity contribution in [3.63, 3.8) is 0 Å². The summed E-state index contributed by atoms with van der Waals surface area (Å²) in [5.74, 6) is 0.146. The van der Waals surface area contributed by atoms with Crippen molar-refractivity contribution in [2.24, 2.45) is 0 Å². The van der Waals surface area contributed by atoms with E-state index in [9.17, 15) is 4.79 Å². The van der Waals surface area contributed by atoms with Crippen molar-refractivity contribution in [1.29, 1.82) is 0 Å². The molecule has 20 heavy (non-hydrogen) atoms. The average molecular weight is 275 g/mol. The van der Waals surface area contributed by atoms with Gasteiger partial charge in [0.1, 0.15) is 0 Å². The molecule has 4 heteroatoms. The zero-order valence-electron chi connectivity index (χ0n) is 12.3. The first-order valence-corrected chi connectivity index (χ1v) is 7.61. The molecule has 0 saturated heterocycles. The molecule has 0 aromatic heterocycles. The summed E-state index contributed by atoms with van der Waals surface area (Å²) in [5, 5.41) is 6.14. The third-order valence-corrected chi connectivity index (χ3v) is 3.69. The van der Waals surface area contributed by atoms with Crippen LogP contribution in [0.3, 0.4) is 0 Å². The Morgan fingerprint density at radius 1 is 1.30 bits per heavy atom. The topological polar surface area (TPSA) is 44.4 Å². The molecule has 1 aromatic rings. The quantitative estimate of drug-likeness (QED) is 0.708. The molecule has 0 bridgehead atoms. The molecular formula is C16H25N3O. The van der Waals surface area contributed by atoms with Crippen LogP contribution in [0.1, 0.15) is 25.3 Å². The third kappa shape index (κ3) is 4.23. The predicted octanol–water partition coefficient (Wildman–Crippen LogP) is 1.56. The van der Waals surface area contributed by atoms with Gasteiger partial charge in [0.15, 0.2) is 0 Å². The van der Waals surface area contributed by atoms with Gasteiger partial charge < -0.3 is 15.5 Å². The lowest BCUT2D eigenvalue weighted by Gasteiger charge is -2.19. The fraction of sp³-hybridized carbons (Fsp3) is 0.562. The number of amides is 1. The zero-order chi connectivity index (χ0) is 14.2. The maximum atomic E-state index is 11.5. The number of para-hydroxylation sites is 1. The number of benzene rings is 1. The van der Waals surface area contributed by atoms with Crippen molar-refractivity contribution in [1.82, 2.24) is 10.6 Å². The smallest absolute Gasteiger partial charge is 0.221 e. The zero-order valence-corrected chi connectivity index (χ0v) is 12.3. The summed E-state index contributed by atoms with van der Waals surface area (Å²) in [4.78, 5) is 14.0. The van der Waals surface area contributed by atoms with Crippen molar-refractivity contribution >= 4 is 11.6 Å². The Bertz CT molecular complexity index is 433. The molecular weight excluding hydrogens is 250 g/mol. The fourth-order valence-corrected chi connectivity index (χ4v) is 2.60. The van der Waals surface area contributed by atoms with Gasteiger partial charge in [-0.05, 0) is 31.0 Å². The highest BCUT2D eigenvalue weighted by Gasteiger charge is 2.17. The number of carbonyl (C=O) groups excluding carboxylic acids is 1. The van der Waals surface area contributed by atoms with Crippen molar-refractivity contribution in [3.05, 3.63) is 29.8 Å². The largest absolute Gasteiger partial charge is 0.371 e. The molecule has 0 atom stereocenters. The van der Waals surface area contributed by atoms with Gasteiger partial charge >= 0.3 is 0 Å². The molecule has 2 N–H and O–H groups in total. The highest BCUT2D eigenvalue weighted by Crippen LogP contribution is 2.27. The number of anilines is 1. The summed E-state index contributed by atoms with van der Waals surface area (Å²) in [6, 6.07) is 8.60. The van der Waals surface area contributed by atoms with E-state index in [4.69, 9.17) is 0 Å². The molecule has 1 heterocycles. The van der Waals surface area contributed by atoms with Crippen molar-refractivity contribution < 1.29 is 4.79 Å². The summed E-state index contributed by atoms with van der Waals surface area (Å²) < 4.78 is 0. The standard InChI is InChI=1S/C16H25N3O/c1-2-17-11-8-16(20)18-10-5-12-19-13-9-14-6-3-4-7-15(14)19/h3-4,6-7,17H,2,5,8-13H2,1H3,(H,18,20). The monoisotopic (exact) mass is 275 g/mol. The van der Waals surface area contributed by atoms with Crippen LogP contribution in [0, 0.1) is 0 Å². The van der Waals surface area contributed by atoms with E-state index in [1.807, 2.05) is 6.92 Å². The van der Waals surface area contributed by atoms with E-state index in [-0.39, 0.29) is 5.91 Å². The Labute approximate surface area is 121 Å². The maximum absolute atomic E-state index is 11.5. The van der Waals surface area contributed by atoms with Gasteiger partial charge in [0.2, 0.25) is 5.91 Å². The Morgan fingerprint density at radius 2 is 2.15 bits per heavy atom. The second kappa shape index (κ2) is 7.90. The summed E-state index contributed by atoms with van der Waals surface area (Å²) >= 11 is 0. The molecule has 0 saturated carbocycles. The molecule has 2 rings (SSSR count). The molecule has 4 nitrogen and oxygen atoms in total. The fourth-order valence-electron chi connectivity index (χ4n) is 2.60. The molecule has 1 aliphatic rings. The lowest BCUT2D eigenvalue weighted by Crippen LogP contribution is -2.31. The van der Waals surface area contributed by atoms with Crippen LogP contribution in [0.2, 0.25) is 0 Å². The van der Waals surface area contributed by atoms with Crippen molar-refractivity contribution in [2.45, 2.75) is 26.2 Å². The summed E-state index contributed by atoms with van der Waals surface area (Å²) in [7, 11) is 0. The van der Waals surface area contributed by atoms with Crippen molar-refractivity contribution in [2.75, 3.05) is 37.6 Å². The molecule has 1 aliphatic heterocycles. The van der Waals surface area contributed by atoms with Gasteiger partial charge in [-0.3, -0.25) is 4.79 Å². The number of fused-ring (bicyclic) bond motifs is 1. The Morgan fingerprint density at radius 3 is 3.00 bits per heavy atom. The minimum atomic E-state index is 0.146. The van der Waals surface area contributed by atoms with Crippen LogP contribution in [0.25, 0.3) is 0 Å². The van der Waals surface area contributed by atoms with E-state index in [0.717, 1.165) is 45.6 Å². The number of nitrogens with one attached hydrogen (secondary N) is 2. The van der Waals surface area contributed by atoms with E-state index in [1.165, 1.54) is 11.3 Å². The van der Waals surface area contributed by atoms with Crippen LogP contribution in [0.5, 0.6) is 0 Å². The van der Waals surface area contributed by atoms with Gasteiger partial charge in [-0.15, -0.1) is 0 Å². The minimum absolute atomic E-state index is 0.146. The van der Waals surface area contributed by atoms with Crippen LogP contribution >= 0.6 is 0 Å². The molecule has 0 radical (unpaired) electrons. The maximum Gasteiger partial charge on any atom is 0.221 e. The average Bonchev–Trinajstić information content (AvgIpc) is 2.87. The molecule has 0 unspecified atom stereocenters. The van der Waals surface area contributed by atoms with Crippen LogP contribution < -0.4 is 15.5 Å². The molecule has 110 valence electrons. The van der Waals surface area contributed by atoms with Gasteiger partial charge in [0.05, 0.1) is 0 Å². The molecule has 1 aromatic carbocycles. The Balaban J connectivity index is 1.61. The molecule has 0 aliphatic carbocycles. The van der Waals surface area contributed by atoms with Crippen molar-refractivity contribution in [3.8, 4) is 0 Å². The highest BCUT2D eigenvalue weighted by molar-refractivity contribution is 5.76. The summed E-state index contributed by atoms with van der Waals surface area (Å²) in [6.45, 7) is 6.62. The number of hydrogen-bond acceptors (Lipinski definition) is 3. The lowest BCUT2D eigenvalue weighted by molar-refractivity contribution is -0.120.